The van der Waals surface area contributed by atoms with E-state index in [4.69, 9.17) is 0 Å². The van der Waals surface area contributed by atoms with Gasteiger partial charge in [-0.3, -0.25) is 0 Å². The number of rotatable bonds is 6. The minimum Gasteiger partial charge on any atom is -0.393 e. The molecule has 0 aliphatic heterocycles. The lowest BCUT2D eigenvalue weighted by Gasteiger charge is -2.23. The van der Waals surface area contributed by atoms with E-state index in [2.05, 4.69) is 40.3 Å². The number of aliphatic hydroxyl groups excluding tert-OH is 1. The highest BCUT2D eigenvalue weighted by Gasteiger charge is 2.17. The molecule has 0 spiro atoms. The van der Waals surface area contributed by atoms with Crippen LogP contribution in [-0.2, 0) is 0 Å². The first-order valence-corrected chi connectivity index (χ1v) is 5.32. The van der Waals surface area contributed by atoms with E-state index in [0.29, 0.717) is 0 Å². The topological polar surface area (TPSA) is 20.2 Å². The summed E-state index contributed by atoms with van der Waals surface area (Å²) in [5.41, 5.74) is 1.37. The highest BCUT2D eigenvalue weighted by atomic mass is 16.3. The van der Waals surface area contributed by atoms with Gasteiger partial charge in [-0.15, -0.1) is 6.58 Å². The van der Waals surface area contributed by atoms with Gasteiger partial charge in [-0.1, -0.05) is 31.6 Å². The Bertz CT molecular complexity index is 197. The summed E-state index contributed by atoms with van der Waals surface area (Å²) in [6.45, 7) is 12.1. The first-order chi connectivity index (χ1) is 6.37. The molecule has 0 aromatic heterocycles. The lowest BCUT2D eigenvalue weighted by Crippen LogP contribution is -2.18. The summed E-state index contributed by atoms with van der Waals surface area (Å²) in [4.78, 5) is 0. The lowest BCUT2D eigenvalue weighted by molar-refractivity contribution is 0.123. The first-order valence-electron chi connectivity index (χ1n) is 5.32. The van der Waals surface area contributed by atoms with Crippen molar-refractivity contribution in [1.82, 2.24) is 0 Å². The van der Waals surface area contributed by atoms with E-state index in [9.17, 15) is 5.11 Å². The molecule has 0 saturated heterocycles. The average Bonchev–Trinajstić information content (AvgIpc) is 2.02. The van der Waals surface area contributed by atoms with E-state index < -0.39 is 0 Å². The van der Waals surface area contributed by atoms with E-state index in [-0.39, 0.29) is 11.5 Å². The fourth-order valence-corrected chi connectivity index (χ4v) is 1.36. The van der Waals surface area contributed by atoms with E-state index in [1.807, 2.05) is 6.08 Å². The van der Waals surface area contributed by atoms with Crippen molar-refractivity contribution in [3.05, 3.63) is 24.3 Å². The van der Waals surface area contributed by atoms with Gasteiger partial charge in [-0.25, -0.2) is 0 Å². The third kappa shape index (κ3) is 6.90. The van der Waals surface area contributed by atoms with Gasteiger partial charge in [0.2, 0.25) is 0 Å². The third-order valence-electron chi connectivity index (χ3n) is 2.37. The van der Waals surface area contributed by atoms with Gasteiger partial charge < -0.3 is 5.11 Å². The summed E-state index contributed by atoms with van der Waals surface area (Å²) in [6.07, 6.45) is 6.49. The normalized spacial score (nSPS) is 13.5. The Morgan fingerprint density at radius 2 is 2.00 bits per heavy atom. The van der Waals surface area contributed by atoms with Crippen LogP contribution in [0.1, 0.15) is 47.0 Å². The van der Waals surface area contributed by atoms with Crippen LogP contribution in [0.4, 0.5) is 0 Å². The molecule has 0 saturated carbocycles. The van der Waals surface area contributed by atoms with Crippen molar-refractivity contribution in [2.45, 2.75) is 53.1 Å². The van der Waals surface area contributed by atoms with Crippen LogP contribution in [0.25, 0.3) is 0 Å². The molecule has 0 aromatic carbocycles. The second-order valence-electron chi connectivity index (χ2n) is 4.91. The second kappa shape index (κ2) is 6.02. The highest BCUT2D eigenvalue weighted by Crippen LogP contribution is 2.24. The van der Waals surface area contributed by atoms with Crippen molar-refractivity contribution < 1.29 is 5.11 Å². The molecule has 1 N–H and O–H groups in total. The second-order valence-corrected chi connectivity index (χ2v) is 4.91. The Labute approximate surface area is 88.5 Å². The molecule has 0 aliphatic carbocycles. The Kier molecular flexibility index (Phi) is 5.78. The fraction of sp³-hybridized carbons (Fsp3) is 0.692. The SMILES string of the molecule is C=CC(C)(C)CC(O)CCC=C(C)C. The third-order valence-corrected chi connectivity index (χ3v) is 2.37. The number of allylic oxidation sites excluding steroid dienone is 3. The fourth-order valence-electron chi connectivity index (χ4n) is 1.36. The molecule has 14 heavy (non-hydrogen) atoms. The van der Waals surface area contributed by atoms with Crippen molar-refractivity contribution in [3.63, 3.8) is 0 Å². The van der Waals surface area contributed by atoms with Gasteiger partial charge in [-0.2, -0.15) is 0 Å². The van der Waals surface area contributed by atoms with E-state index >= 15 is 0 Å². The van der Waals surface area contributed by atoms with E-state index in [0.717, 1.165) is 19.3 Å². The molecule has 0 rings (SSSR count). The predicted octanol–water partition coefficient (Wildman–Crippen LogP) is 3.70. The minimum atomic E-state index is -0.210. The largest absolute Gasteiger partial charge is 0.393 e. The molecular formula is C13H24O. The summed E-state index contributed by atoms with van der Waals surface area (Å²) in [5.74, 6) is 0. The number of hydrogen-bond donors (Lipinski definition) is 1. The number of hydrogen-bond acceptors (Lipinski definition) is 1. The smallest absolute Gasteiger partial charge is 0.0551 e. The van der Waals surface area contributed by atoms with Crippen LogP contribution in [0.15, 0.2) is 24.3 Å². The molecule has 0 aliphatic rings. The van der Waals surface area contributed by atoms with Crippen LogP contribution in [-0.4, -0.2) is 11.2 Å². The standard InChI is InChI=1S/C13H24O/c1-6-13(4,5)10-12(14)9-7-8-11(2)3/h6,8,12,14H,1,7,9-10H2,2-5H3. The molecular weight excluding hydrogens is 172 g/mol. The number of aliphatic hydroxyl groups is 1. The van der Waals surface area contributed by atoms with Crippen molar-refractivity contribution in [2.75, 3.05) is 0 Å². The molecule has 0 fully saturated rings. The van der Waals surface area contributed by atoms with Crippen molar-refractivity contribution in [3.8, 4) is 0 Å². The monoisotopic (exact) mass is 196 g/mol. The van der Waals surface area contributed by atoms with Crippen LogP contribution in [0, 0.1) is 5.41 Å². The maximum atomic E-state index is 9.75. The Balaban J connectivity index is 3.81. The molecule has 1 unspecified atom stereocenters. The molecule has 0 amide bonds. The molecule has 1 atom stereocenters. The Hall–Kier alpha value is -0.560. The lowest BCUT2D eigenvalue weighted by atomic mass is 9.86. The molecule has 0 bridgehead atoms. The van der Waals surface area contributed by atoms with Gasteiger partial charge in [0.15, 0.2) is 0 Å². The molecule has 1 nitrogen and oxygen atoms in total. The van der Waals surface area contributed by atoms with Crippen LogP contribution >= 0.6 is 0 Å². The molecule has 0 radical (unpaired) electrons. The van der Waals surface area contributed by atoms with Gasteiger partial charge in [0.25, 0.3) is 0 Å². The first kappa shape index (κ1) is 13.4. The molecule has 82 valence electrons. The average molecular weight is 196 g/mol. The van der Waals surface area contributed by atoms with Crippen LogP contribution < -0.4 is 0 Å². The van der Waals surface area contributed by atoms with Gasteiger partial charge in [0, 0.05) is 0 Å². The maximum Gasteiger partial charge on any atom is 0.0551 e. The van der Waals surface area contributed by atoms with Crippen molar-refractivity contribution in [1.29, 1.82) is 0 Å². The maximum absolute atomic E-state index is 9.75. The summed E-state index contributed by atoms with van der Waals surface area (Å²) >= 11 is 0. The van der Waals surface area contributed by atoms with Crippen LogP contribution in [0.2, 0.25) is 0 Å². The zero-order chi connectivity index (χ0) is 11.2. The highest BCUT2D eigenvalue weighted by molar-refractivity contribution is 4.94. The molecule has 0 heterocycles. The van der Waals surface area contributed by atoms with Crippen LogP contribution in [0.3, 0.4) is 0 Å². The zero-order valence-corrected chi connectivity index (χ0v) is 10.0. The van der Waals surface area contributed by atoms with Gasteiger partial charge in [0.1, 0.15) is 0 Å². The molecule has 1 heteroatoms. The van der Waals surface area contributed by atoms with E-state index in [1.54, 1.807) is 0 Å². The van der Waals surface area contributed by atoms with Gasteiger partial charge in [-0.05, 0) is 38.5 Å². The summed E-state index contributed by atoms with van der Waals surface area (Å²) in [6, 6.07) is 0. The van der Waals surface area contributed by atoms with Crippen LogP contribution in [0.5, 0.6) is 0 Å². The van der Waals surface area contributed by atoms with E-state index in [1.165, 1.54) is 5.57 Å². The zero-order valence-electron chi connectivity index (χ0n) is 10.0. The summed E-state index contributed by atoms with van der Waals surface area (Å²) in [5, 5.41) is 9.75. The van der Waals surface area contributed by atoms with Crippen molar-refractivity contribution >= 4 is 0 Å². The Morgan fingerprint density at radius 3 is 2.43 bits per heavy atom. The summed E-state index contributed by atoms with van der Waals surface area (Å²) < 4.78 is 0. The van der Waals surface area contributed by atoms with Crippen molar-refractivity contribution in [2.24, 2.45) is 5.41 Å². The minimum absolute atomic E-state index is 0.0460. The quantitative estimate of drug-likeness (QED) is 0.642. The Morgan fingerprint density at radius 1 is 1.43 bits per heavy atom. The summed E-state index contributed by atoms with van der Waals surface area (Å²) in [7, 11) is 0. The van der Waals surface area contributed by atoms with Gasteiger partial charge >= 0.3 is 0 Å². The predicted molar refractivity (Wildman–Crippen MR) is 63.3 cm³/mol. The molecule has 0 aromatic rings. The van der Waals surface area contributed by atoms with Gasteiger partial charge in [0.05, 0.1) is 6.10 Å².